The van der Waals surface area contributed by atoms with Crippen LogP contribution in [0, 0.1) is 5.92 Å². The van der Waals surface area contributed by atoms with Crippen LogP contribution in [-0.2, 0) is 11.2 Å². The zero-order valence-corrected chi connectivity index (χ0v) is 11.6. The Bertz CT molecular complexity index is 338. The Morgan fingerprint density at radius 3 is 2.72 bits per heavy atom. The van der Waals surface area contributed by atoms with Crippen molar-refractivity contribution < 1.29 is 4.74 Å². The van der Waals surface area contributed by atoms with Gasteiger partial charge in [-0.2, -0.15) is 0 Å². The molecule has 1 N–H and O–H groups in total. The molecule has 0 radical (unpaired) electrons. The van der Waals surface area contributed by atoms with Gasteiger partial charge in [0.05, 0.1) is 12.7 Å². The highest BCUT2D eigenvalue weighted by Gasteiger charge is 2.27. The van der Waals surface area contributed by atoms with Crippen molar-refractivity contribution in [2.45, 2.75) is 44.8 Å². The van der Waals surface area contributed by atoms with Crippen molar-refractivity contribution in [3.63, 3.8) is 0 Å². The molecule has 0 aliphatic heterocycles. The van der Waals surface area contributed by atoms with Crippen molar-refractivity contribution in [1.29, 1.82) is 0 Å². The van der Waals surface area contributed by atoms with Crippen LogP contribution in [0.25, 0.3) is 0 Å². The van der Waals surface area contributed by atoms with E-state index >= 15 is 0 Å². The smallest absolute Gasteiger partial charge is 0.0730 e. The maximum Gasteiger partial charge on any atom is 0.0730 e. The van der Waals surface area contributed by atoms with Crippen molar-refractivity contribution in [3.8, 4) is 0 Å². The third-order valence-corrected chi connectivity index (χ3v) is 3.99. The highest BCUT2D eigenvalue weighted by molar-refractivity contribution is 5.14. The molecule has 100 valence electrons. The van der Waals surface area contributed by atoms with Gasteiger partial charge in [-0.1, -0.05) is 37.3 Å². The van der Waals surface area contributed by atoms with Gasteiger partial charge in [-0.15, -0.1) is 0 Å². The predicted molar refractivity (Wildman–Crippen MR) is 75.7 cm³/mol. The monoisotopic (exact) mass is 247 g/mol. The minimum absolute atomic E-state index is 0.391. The minimum atomic E-state index is 0.391. The molecule has 0 heterocycles. The summed E-state index contributed by atoms with van der Waals surface area (Å²) in [6, 6.07) is 11.1. The average molecular weight is 247 g/mol. The number of hydrogen-bond donors (Lipinski definition) is 1. The van der Waals surface area contributed by atoms with E-state index in [1.807, 2.05) is 7.05 Å². The molecule has 1 aliphatic rings. The fourth-order valence-electron chi connectivity index (χ4n) is 2.82. The Morgan fingerprint density at radius 1 is 1.22 bits per heavy atom. The molecule has 0 bridgehead atoms. The summed E-state index contributed by atoms with van der Waals surface area (Å²) in [4.78, 5) is 0. The molecular formula is C16H25NO. The molecule has 1 aromatic rings. The van der Waals surface area contributed by atoms with Gasteiger partial charge in [0, 0.05) is 6.04 Å². The van der Waals surface area contributed by atoms with Gasteiger partial charge in [-0.3, -0.25) is 0 Å². The first-order chi connectivity index (χ1) is 8.79. The highest BCUT2D eigenvalue weighted by atomic mass is 16.5. The molecule has 18 heavy (non-hydrogen) atoms. The SMILES string of the molecule is CNC1CCC(C)CC1OCCc1ccccc1. The Morgan fingerprint density at radius 2 is 2.00 bits per heavy atom. The molecule has 3 atom stereocenters. The van der Waals surface area contributed by atoms with Crippen LogP contribution >= 0.6 is 0 Å². The standard InChI is InChI=1S/C16H25NO/c1-13-8-9-15(17-2)16(12-13)18-11-10-14-6-4-3-5-7-14/h3-7,13,15-17H,8-12H2,1-2H3. The number of likely N-dealkylation sites (N-methyl/N-ethyl adjacent to an activating group) is 1. The molecule has 0 saturated heterocycles. The van der Waals surface area contributed by atoms with E-state index in [4.69, 9.17) is 4.74 Å². The largest absolute Gasteiger partial charge is 0.376 e. The van der Waals surface area contributed by atoms with Gasteiger partial charge >= 0.3 is 0 Å². The van der Waals surface area contributed by atoms with E-state index in [0.717, 1.165) is 18.9 Å². The Labute approximate surface area is 111 Å². The molecule has 2 heteroatoms. The normalized spacial score (nSPS) is 28.2. The Kier molecular flexibility index (Phi) is 5.21. The van der Waals surface area contributed by atoms with E-state index in [1.54, 1.807) is 0 Å². The average Bonchev–Trinajstić information content (AvgIpc) is 2.40. The molecular weight excluding hydrogens is 222 g/mol. The molecule has 2 rings (SSSR count). The third kappa shape index (κ3) is 3.82. The summed E-state index contributed by atoms with van der Waals surface area (Å²) in [7, 11) is 2.05. The molecule has 3 unspecified atom stereocenters. The number of hydrogen-bond acceptors (Lipinski definition) is 2. The van der Waals surface area contributed by atoms with Crippen LogP contribution in [0.1, 0.15) is 31.7 Å². The summed E-state index contributed by atoms with van der Waals surface area (Å²) in [6.07, 6.45) is 5.17. The molecule has 1 fully saturated rings. The van der Waals surface area contributed by atoms with Crippen LogP contribution in [0.2, 0.25) is 0 Å². The third-order valence-electron chi connectivity index (χ3n) is 3.99. The Balaban J connectivity index is 1.77. The second kappa shape index (κ2) is 6.91. The molecule has 0 amide bonds. The molecule has 1 aromatic carbocycles. The second-order valence-corrected chi connectivity index (χ2v) is 5.46. The van der Waals surface area contributed by atoms with Gasteiger partial charge in [-0.25, -0.2) is 0 Å². The van der Waals surface area contributed by atoms with Gasteiger partial charge < -0.3 is 10.1 Å². The van der Waals surface area contributed by atoms with Crippen LogP contribution in [0.5, 0.6) is 0 Å². The van der Waals surface area contributed by atoms with E-state index in [9.17, 15) is 0 Å². The number of rotatable bonds is 5. The first kappa shape index (κ1) is 13.6. The summed E-state index contributed by atoms with van der Waals surface area (Å²) in [5.74, 6) is 0.802. The van der Waals surface area contributed by atoms with Crippen LogP contribution in [0.15, 0.2) is 30.3 Å². The molecule has 2 nitrogen and oxygen atoms in total. The van der Waals surface area contributed by atoms with E-state index in [2.05, 4.69) is 42.6 Å². The zero-order valence-electron chi connectivity index (χ0n) is 11.6. The predicted octanol–water partition coefficient (Wildman–Crippen LogP) is 3.02. The van der Waals surface area contributed by atoms with Crippen LogP contribution in [-0.4, -0.2) is 25.8 Å². The lowest BCUT2D eigenvalue weighted by Crippen LogP contribution is -2.43. The van der Waals surface area contributed by atoms with Crippen molar-refractivity contribution in [2.24, 2.45) is 5.92 Å². The number of ether oxygens (including phenoxy) is 1. The molecule has 0 aromatic heterocycles. The molecule has 0 spiro atoms. The van der Waals surface area contributed by atoms with Gasteiger partial charge in [0.15, 0.2) is 0 Å². The summed E-state index contributed by atoms with van der Waals surface area (Å²) < 4.78 is 6.10. The Hall–Kier alpha value is -0.860. The summed E-state index contributed by atoms with van der Waals surface area (Å²) in [5.41, 5.74) is 1.36. The second-order valence-electron chi connectivity index (χ2n) is 5.46. The number of benzene rings is 1. The highest BCUT2D eigenvalue weighted by Crippen LogP contribution is 2.26. The van der Waals surface area contributed by atoms with Crippen molar-refractivity contribution in [2.75, 3.05) is 13.7 Å². The first-order valence-corrected chi connectivity index (χ1v) is 7.12. The quantitative estimate of drug-likeness (QED) is 0.863. The first-order valence-electron chi connectivity index (χ1n) is 7.12. The molecule has 1 saturated carbocycles. The van der Waals surface area contributed by atoms with Crippen LogP contribution in [0.4, 0.5) is 0 Å². The van der Waals surface area contributed by atoms with Crippen molar-refractivity contribution >= 4 is 0 Å². The topological polar surface area (TPSA) is 21.3 Å². The van der Waals surface area contributed by atoms with Gasteiger partial charge in [-0.05, 0) is 44.2 Å². The number of nitrogens with one attached hydrogen (secondary N) is 1. The van der Waals surface area contributed by atoms with E-state index in [1.165, 1.54) is 24.8 Å². The van der Waals surface area contributed by atoms with Gasteiger partial charge in [0.25, 0.3) is 0 Å². The molecule has 1 aliphatic carbocycles. The van der Waals surface area contributed by atoms with Crippen molar-refractivity contribution in [1.82, 2.24) is 5.32 Å². The van der Waals surface area contributed by atoms with E-state index in [-0.39, 0.29) is 0 Å². The van der Waals surface area contributed by atoms with Crippen molar-refractivity contribution in [3.05, 3.63) is 35.9 Å². The lowest BCUT2D eigenvalue weighted by atomic mass is 9.85. The zero-order chi connectivity index (χ0) is 12.8. The summed E-state index contributed by atoms with van der Waals surface area (Å²) in [5, 5.41) is 3.40. The summed E-state index contributed by atoms with van der Waals surface area (Å²) >= 11 is 0. The van der Waals surface area contributed by atoms with Crippen LogP contribution in [0.3, 0.4) is 0 Å². The van der Waals surface area contributed by atoms with Gasteiger partial charge in [0.2, 0.25) is 0 Å². The maximum atomic E-state index is 6.10. The van der Waals surface area contributed by atoms with E-state index < -0.39 is 0 Å². The maximum absolute atomic E-state index is 6.10. The fourth-order valence-corrected chi connectivity index (χ4v) is 2.82. The lowest BCUT2D eigenvalue weighted by Gasteiger charge is -2.34. The van der Waals surface area contributed by atoms with Crippen LogP contribution < -0.4 is 5.32 Å². The summed E-state index contributed by atoms with van der Waals surface area (Å²) in [6.45, 7) is 3.17. The minimum Gasteiger partial charge on any atom is -0.376 e. The lowest BCUT2D eigenvalue weighted by molar-refractivity contribution is -0.00413. The van der Waals surface area contributed by atoms with E-state index in [0.29, 0.717) is 12.1 Å². The van der Waals surface area contributed by atoms with Gasteiger partial charge in [0.1, 0.15) is 0 Å². The fraction of sp³-hybridized carbons (Fsp3) is 0.625.